The Hall–Kier alpha value is -1.71. The molecule has 1 heterocycles. The maximum absolute atomic E-state index is 12.2. The minimum absolute atomic E-state index is 0.0686. The quantitative estimate of drug-likeness (QED) is 0.786. The maximum atomic E-state index is 12.2. The summed E-state index contributed by atoms with van der Waals surface area (Å²) in [6, 6.07) is 3.70. The van der Waals surface area contributed by atoms with Crippen molar-refractivity contribution in [3.05, 3.63) is 17.7 Å². The van der Waals surface area contributed by atoms with Gasteiger partial charge in [-0.3, -0.25) is 4.79 Å². The van der Waals surface area contributed by atoms with Crippen LogP contribution in [0.5, 0.6) is 11.5 Å². The molecule has 0 atom stereocenters. The summed E-state index contributed by atoms with van der Waals surface area (Å²) in [5, 5.41) is 0. The van der Waals surface area contributed by atoms with E-state index in [0.29, 0.717) is 11.5 Å². The van der Waals surface area contributed by atoms with Crippen LogP contribution in [-0.4, -0.2) is 27.2 Å². The molecule has 92 valence electrons. The van der Waals surface area contributed by atoms with Crippen LogP contribution in [-0.2, 0) is 10.2 Å². The maximum Gasteiger partial charge on any atom is 0.237 e. The highest BCUT2D eigenvalue weighted by Gasteiger charge is 2.44. The fraction of sp³-hybridized carbons (Fsp3) is 0.462. The number of amides is 1. The summed E-state index contributed by atoms with van der Waals surface area (Å²) in [6.07, 6.45) is 0. The molecule has 0 aliphatic carbocycles. The van der Waals surface area contributed by atoms with Gasteiger partial charge in [-0.2, -0.15) is 0 Å². The van der Waals surface area contributed by atoms with Crippen molar-refractivity contribution in [3.8, 4) is 11.5 Å². The Labute approximate surface area is 101 Å². The minimum atomic E-state index is -0.536. The molecule has 0 bridgehead atoms. The Morgan fingerprint density at radius 3 is 2.35 bits per heavy atom. The molecule has 0 aromatic heterocycles. The van der Waals surface area contributed by atoms with E-state index in [1.54, 1.807) is 32.2 Å². The van der Waals surface area contributed by atoms with Crippen molar-refractivity contribution < 1.29 is 14.3 Å². The van der Waals surface area contributed by atoms with Gasteiger partial charge in [-0.05, 0) is 25.5 Å². The number of hydrogen-bond donors (Lipinski definition) is 0. The predicted octanol–water partition coefficient (Wildman–Crippen LogP) is 1.96. The number of carbonyl (C=O) groups is 1. The molecule has 4 nitrogen and oxygen atoms in total. The lowest BCUT2D eigenvalue weighted by Gasteiger charge is -2.16. The molecule has 1 aliphatic heterocycles. The first-order chi connectivity index (χ1) is 7.93. The van der Waals surface area contributed by atoms with Gasteiger partial charge < -0.3 is 14.4 Å². The summed E-state index contributed by atoms with van der Waals surface area (Å²) in [6.45, 7) is 3.83. The number of benzene rings is 1. The molecule has 0 saturated heterocycles. The standard InChI is InChI=1S/C13H17NO3/c1-13(2)9-6-8(16-4)7-10(17-5)11(9)14(3)12(13)15/h6-7H,1-5H3. The highest BCUT2D eigenvalue weighted by Crippen LogP contribution is 2.47. The van der Waals surface area contributed by atoms with Crippen molar-refractivity contribution in [1.29, 1.82) is 0 Å². The monoisotopic (exact) mass is 235 g/mol. The van der Waals surface area contributed by atoms with Crippen LogP contribution in [0, 0.1) is 0 Å². The fourth-order valence-corrected chi connectivity index (χ4v) is 2.31. The first-order valence-electron chi connectivity index (χ1n) is 5.48. The van der Waals surface area contributed by atoms with E-state index >= 15 is 0 Å². The topological polar surface area (TPSA) is 38.8 Å². The fourth-order valence-electron chi connectivity index (χ4n) is 2.31. The molecule has 1 aromatic carbocycles. The number of methoxy groups -OCH3 is 2. The summed E-state index contributed by atoms with van der Waals surface area (Å²) in [5.74, 6) is 1.44. The molecule has 0 unspecified atom stereocenters. The molecule has 1 aromatic rings. The number of likely N-dealkylation sites (N-methyl/N-ethyl adjacent to an activating group) is 1. The number of nitrogens with zero attached hydrogens (tertiary/aromatic N) is 1. The van der Waals surface area contributed by atoms with Gasteiger partial charge in [0.2, 0.25) is 5.91 Å². The van der Waals surface area contributed by atoms with Gasteiger partial charge in [0.15, 0.2) is 0 Å². The lowest BCUT2D eigenvalue weighted by molar-refractivity contribution is -0.121. The van der Waals surface area contributed by atoms with Crippen LogP contribution in [0.4, 0.5) is 5.69 Å². The van der Waals surface area contributed by atoms with Gasteiger partial charge in [0.25, 0.3) is 0 Å². The van der Waals surface area contributed by atoms with Crippen LogP contribution in [0.25, 0.3) is 0 Å². The average molecular weight is 235 g/mol. The zero-order chi connectivity index (χ0) is 12.8. The summed E-state index contributed by atoms with van der Waals surface area (Å²) in [4.78, 5) is 13.8. The lowest BCUT2D eigenvalue weighted by Crippen LogP contribution is -2.33. The van der Waals surface area contributed by atoms with Crippen LogP contribution < -0.4 is 14.4 Å². The molecule has 1 aliphatic rings. The van der Waals surface area contributed by atoms with Crippen LogP contribution >= 0.6 is 0 Å². The van der Waals surface area contributed by atoms with Crippen molar-refractivity contribution in [2.24, 2.45) is 0 Å². The predicted molar refractivity (Wildman–Crippen MR) is 66.0 cm³/mol. The second-order valence-electron chi connectivity index (χ2n) is 4.71. The molecular weight excluding hydrogens is 218 g/mol. The molecule has 0 spiro atoms. The van der Waals surface area contributed by atoms with Crippen molar-refractivity contribution in [2.75, 3.05) is 26.2 Å². The second kappa shape index (κ2) is 3.65. The van der Waals surface area contributed by atoms with Crippen molar-refractivity contribution in [1.82, 2.24) is 0 Å². The average Bonchev–Trinajstić information content (AvgIpc) is 2.50. The molecule has 0 N–H and O–H groups in total. The third-order valence-corrected chi connectivity index (χ3v) is 3.35. The summed E-state index contributed by atoms with van der Waals surface area (Å²) in [5.41, 5.74) is 1.25. The van der Waals surface area contributed by atoms with E-state index in [0.717, 1.165) is 11.3 Å². The van der Waals surface area contributed by atoms with Crippen molar-refractivity contribution in [3.63, 3.8) is 0 Å². The third kappa shape index (κ3) is 1.47. The zero-order valence-corrected chi connectivity index (χ0v) is 10.8. The molecule has 2 rings (SSSR count). The van der Waals surface area contributed by atoms with Gasteiger partial charge >= 0.3 is 0 Å². The number of carbonyl (C=O) groups excluding carboxylic acids is 1. The van der Waals surface area contributed by atoms with Crippen molar-refractivity contribution in [2.45, 2.75) is 19.3 Å². The number of rotatable bonds is 2. The zero-order valence-electron chi connectivity index (χ0n) is 10.8. The lowest BCUT2D eigenvalue weighted by atomic mass is 9.86. The van der Waals surface area contributed by atoms with Gasteiger partial charge in [-0.15, -0.1) is 0 Å². The molecule has 1 amide bonds. The molecule has 0 radical (unpaired) electrons. The van der Waals surface area contributed by atoms with Crippen molar-refractivity contribution >= 4 is 11.6 Å². The number of hydrogen-bond acceptors (Lipinski definition) is 3. The SMILES string of the molecule is COc1cc(OC)c2c(c1)C(C)(C)C(=O)N2C. The number of ether oxygens (including phenoxy) is 2. The minimum Gasteiger partial charge on any atom is -0.497 e. The van der Waals surface area contributed by atoms with Gasteiger partial charge in [-0.1, -0.05) is 0 Å². The van der Waals surface area contributed by atoms with Crippen LogP contribution in [0.3, 0.4) is 0 Å². The van der Waals surface area contributed by atoms with E-state index in [1.807, 2.05) is 19.9 Å². The largest absolute Gasteiger partial charge is 0.497 e. The van der Waals surface area contributed by atoms with Gasteiger partial charge in [-0.25, -0.2) is 0 Å². The van der Waals surface area contributed by atoms with Gasteiger partial charge in [0.1, 0.15) is 11.5 Å². The Morgan fingerprint density at radius 1 is 1.18 bits per heavy atom. The number of fused-ring (bicyclic) bond motifs is 1. The summed E-state index contributed by atoms with van der Waals surface area (Å²) in [7, 11) is 4.97. The molecule has 0 saturated carbocycles. The normalized spacial score (nSPS) is 17.0. The van der Waals surface area contributed by atoms with E-state index in [-0.39, 0.29) is 5.91 Å². The van der Waals surface area contributed by atoms with Crippen LogP contribution in [0.2, 0.25) is 0 Å². The smallest absolute Gasteiger partial charge is 0.237 e. The third-order valence-electron chi connectivity index (χ3n) is 3.35. The molecule has 4 heteroatoms. The molecule has 17 heavy (non-hydrogen) atoms. The highest BCUT2D eigenvalue weighted by molar-refractivity contribution is 6.08. The Bertz CT molecular complexity index is 480. The highest BCUT2D eigenvalue weighted by atomic mass is 16.5. The Morgan fingerprint density at radius 2 is 1.82 bits per heavy atom. The van der Waals surface area contributed by atoms with E-state index in [1.165, 1.54) is 0 Å². The van der Waals surface area contributed by atoms with E-state index in [9.17, 15) is 4.79 Å². The summed E-state index contributed by atoms with van der Waals surface area (Å²) < 4.78 is 10.6. The Balaban J connectivity index is 2.73. The van der Waals surface area contributed by atoms with Crippen LogP contribution in [0.1, 0.15) is 19.4 Å². The number of anilines is 1. The van der Waals surface area contributed by atoms with Crippen LogP contribution in [0.15, 0.2) is 12.1 Å². The van der Waals surface area contributed by atoms with E-state index in [2.05, 4.69) is 0 Å². The second-order valence-corrected chi connectivity index (χ2v) is 4.71. The summed E-state index contributed by atoms with van der Waals surface area (Å²) >= 11 is 0. The first-order valence-corrected chi connectivity index (χ1v) is 5.48. The molecule has 0 fully saturated rings. The van der Waals surface area contributed by atoms with E-state index in [4.69, 9.17) is 9.47 Å². The molecular formula is C13H17NO3. The first kappa shape index (κ1) is 11.8. The van der Waals surface area contributed by atoms with Gasteiger partial charge in [0, 0.05) is 13.1 Å². The Kier molecular flexibility index (Phi) is 2.53. The van der Waals surface area contributed by atoms with E-state index < -0.39 is 5.41 Å². The van der Waals surface area contributed by atoms with Gasteiger partial charge in [0.05, 0.1) is 25.3 Å².